The van der Waals surface area contributed by atoms with Gasteiger partial charge in [-0.1, -0.05) is 30.3 Å². The fraction of sp³-hybridized carbons (Fsp3) is 0.115. The summed E-state index contributed by atoms with van der Waals surface area (Å²) in [6.07, 6.45) is 2.97. The van der Waals surface area contributed by atoms with Crippen LogP contribution in [0.15, 0.2) is 76.9 Å². The van der Waals surface area contributed by atoms with Crippen molar-refractivity contribution in [2.45, 2.75) is 20.0 Å². The lowest BCUT2D eigenvalue weighted by Crippen LogP contribution is -2.53. The zero-order valence-corrected chi connectivity index (χ0v) is 18.2. The van der Waals surface area contributed by atoms with Crippen LogP contribution in [0.25, 0.3) is 17.0 Å². The molecule has 3 heterocycles. The molecular formula is C26H20FN3O4. The maximum Gasteiger partial charge on any atom is 0.331 e. The molecule has 0 spiro atoms. The van der Waals surface area contributed by atoms with E-state index in [4.69, 9.17) is 4.42 Å². The summed E-state index contributed by atoms with van der Waals surface area (Å²) in [4.78, 5) is 39.0. The molecule has 4 aromatic rings. The molecule has 170 valence electrons. The second kappa shape index (κ2) is 8.47. The third-order valence-electron chi connectivity index (χ3n) is 5.90. The number of rotatable bonds is 5. The van der Waals surface area contributed by atoms with Crippen molar-refractivity contribution in [3.8, 4) is 0 Å². The second-order valence-corrected chi connectivity index (χ2v) is 8.02. The van der Waals surface area contributed by atoms with E-state index in [1.165, 1.54) is 24.5 Å². The number of benzene rings is 2. The Hall–Kier alpha value is -4.46. The molecule has 4 amide bonds. The zero-order valence-electron chi connectivity index (χ0n) is 18.2. The van der Waals surface area contributed by atoms with Crippen LogP contribution in [0, 0.1) is 12.7 Å². The predicted molar refractivity (Wildman–Crippen MR) is 123 cm³/mol. The number of carbonyl (C=O) groups is 3. The smallest absolute Gasteiger partial charge is 0.331 e. The standard InChI is InChI=1S/C26H20FN3O4/c1-16-21(13-22-24(31)28-26(33)30(25(22)32)15-19-5-4-12-34-19)20-6-2-3-7-23(20)29(16)14-17-8-10-18(27)11-9-17/h2-13H,14-15H2,1H3,(H,28,31,33). The van der Waals surface area contributed by atoms with Gasteiger partial charge in [-0.25, -0.2) is 9.18 Å². The van der Waals surface area contributed by atoms with Crippen LogP contribution in [-0.4, -0.2) is 27.3 Å². The van der Waals surface area contributed by atoms with E-state index in [0.717, 1.165) is 27.1 Å². The van der Waals surface area contributed by atoms with E-state index in [0.29, 0.717) is 17.9 Å². The highest BCUT2D eigenvalue weighted by Gasteiger charge is 2.36. The maximum atomic E-state index is 13.4. The summed E-state index contributed by atoms with van der Waals surface area (Å²) >= 11 is 0. The Balaban J connectivity index is 1.57. The van der Waals surface area contributed by atoms with Gasteiger partial charge in [-0.3, -0.25) is 19.8 Å². The Morgan fingerprint density at radius 1 is 0.971 bits per heavy atom. The first-order valence-corrected chi connectivity index (χ1v) is 10.7. The molecular weight excluding hydrogens is 437 g/mol. The van der Waals surface area contributed by atoms with Gasteiger partial charge in [-0.15, -0.1) is 0 Å². The van der Waals surface area contributed by atoms with Gasteiger partial charge < -0.3 is 8.98 Å². The Morgan fingerprint density at radius 3 is 2.47 bits per heavy atom. The molecule has 1 saturated heterocycles. The summed E-state index contributed by atoms with van der Waals surface area (Å²) in [7, 11) is 0. The fourth-order valence-electron chi connectivity index (χ4n) is 4.16. The quantitative estimate of drug-likeness (QED) is 0.356. The Kier molecular flexibility index (Phi) is 5.33. The number of urea groups is 1. The number of nitrogens with one attached hydrogen (secondary N) is 1. The third kappa shape index (κ3) is 3.79. The van der Waals surface area contributed by atoms with Gasteiger partial charge in [0.1, 0.15) is 17.2 Å². The average molecular weight is 457 g/mol. The summed E-state index contributed by atoms with van der Waals surface area (Å²) in [6.45, 7) is 2.29. The van der Waals surface area contributed by atoms with Crippen LogP contribution in [0.5, 0.6) is 0 Å². The first-order valence-electron chi connectivity index (χ1n) is 10.7. The first kappa shape index (κ1) is 21.4. The number of hydrogen-bond donors (Lipinski definition) is 1. The molecule has 8 heteroatoms. The first-order chi connectivity index (χ1) is 16.4. The number of carbonyl (C=O) groups excluding carboxylic acids is 3. The number of para-hydroxylation sites is 1. The Labute approximate surface area is 194 Å². The average Bonchev–Trinajstić information content (AvgIpc) is 3.43. The van der Waals surface area contributed by atoms with E-state index in [2.05, 4.69) is 5.32 Å². The van der Waals surface area contributed by atoms with Crippen molar-refractivity contribution >= 4 is 34.8 Å². The van der Waals surface area contributed by atoms with Crippen LogP contribution >= 0.6 is 0 Å². The largest absolute Gasteiger partial charge is 0.467 e. The highest BCUT2D eigenvalue weighted by molar-refractivity contribution is 6.31. The summed E-state index contributed by atoms with van der Waals surface area (Å²) < 4.78 is 20.7. The van der Waals surface area contributed by atoms with Crippen molar-refractivity contribution in [2.24, 2.45) is 0 Å². The Bertz CT molecular complexity index is 1450. The number of furan rings is 1. The van der Waals surface area contributed by atoms with Crippen molar-refractivity contribution in [2.75, 3.05) is 0 Å². The number of nitrogens with zero attached hydrogens (tertiary/aromatic N) is 2. The summed E-state index contributed by atoms with van der Waals surface area (Å²) in [5.41, 5.74) is 3.20. The lowest BCUT2D eigenvalue weighted by Gasteiger charge is -2.25. The molecule has 0 saturated carbocycles. The number of aromatic nitrogens is 1. The summed E-state index contributed by atoms with van der Waals surface area (Å²) in [5, 5.41) is 3.09. The zero-order chi connectivity index (χ0) is 23.8. The van der Waals surface area contributed by atoms with Crippen LogP contribution in [-0.2, 0) is 22.7 Å². The van der Waals surface area contributed by atoms with E-state index >= 15 is 0 Å². The monoisotopic (exact) mass is 457 g/mol. The molecule has 1 aliphatic rings. The van der Waals surface area contributed by atoms with Gasteiger partial charge >= 0.3 is 6.03 Å². The molecule has 0 unspecified atom stereocenters. The van der Waals surface area contributed by atoms with Crippen LogP contribution in [0.2, 0.25) is 0 Å². The van der Waals surface area contributed by atoms with Crippen LogP contribution in [0.1, 0.15) is 22.6 Å². The molecule has 5 rings (SSSR count). The summed E-state index contributed by atoms with van der Waals surface area (Å²) in [6, 6.07) is 16.4. The van der Waals surface area contributed by atoms with Gasteiger partial charge in [0.25, 0.3) is 11.8 Å². The number of hydrogen-bond acceptors (Lipinski definition) is 4. The minimum Gasteiger partial charge on any atom is -0.467 e. The van der Waals surface area contributed by atoms with E-state index < -0.39 is 17.8 Å². The second-order valence-electron chi connectivity index (χ2n) is 8.02. The van der Waals surface area contributed by atoms with E-state index in [9.17, 15) is 18.8 Å². The molecule has 0 aliphatic carbocycles. The van der Waals surface area contributed by atoms with Crippen molar-refractivity contribution in [3.63, 3.8) is 0 Å². The molecule has 2 aromatic heterocycles. The number of fused-ring (bicyclic) bond motifs is 1. The lowest BCUT2D eigenvalue weighted by atomic mass is 10.0. The molecule has 34 heavy (non-hydrogen) atoms. The number of halogens is 1. The normalized spacial score (nSPS) is 15.4. The van der Waals surface area contributed by atoms with Crippen molar-refractivity contribution in [1.29, 1.82) is 0 Å². The van der Waals surface area contributed by atoms with Crippen LogP contribution in [0.4, 0.5) is 9.18 Å². The molecule has 1 fully saturated rings. The molecule has 0 atom stereocenters. The minimum atomic E-state index is -0.793. The third-order valence-corrected chi connectivity index (χ3v) is 5.90. The van der Waals surface area contributed by atoms with Gasteiger partial charge in [-0.05, 0) is 48.9 Å². The lowest BCUT2D eigenvalue weighted by molar-refractivity contribution is -0.130. The molecule has 0 bridgehead atoms. The van der Waals surface area contributed by atoms with E-state index in [-0.39, 0.29) is 17.9 Å². The van der Waals surface area contributed by atoms with Crippen molar-refractivity contribution in [3.05, 3.63) is 101 Å². The van der Waals surface area contributed by atoms with Gasteiger partial charge in [0.15, 0.2) is 0 Å². The number of amides is 4. The predicted octanol–water partition coefficient (Wildman–Crippen LogP) is 4.39. The minimum absolute atomic E-state index is 0.0897. The SMILES string of the molecule is Cc1c(C=C2C(=O)NC(=O)N(Cc3ccco3)C2=O)c2ccccc2n1Cc1ccc(F)cc1. The van der Waals surface area contributed by atoms with Gasteiger partial charge in [0, 0.05) is 28.7 Å². The van der Waals surface area contributed by atoms with Crippen molar-refractivity contribution < 1.29 is 23.2 Å². The topological polar surface area (TPSA) is 84.6 Å². The van der Waals surface area contributed by atoms with Gasteiger partial charge in [0.2, 0.25) is 0 Å². The molecule has 1 N–H and O–H groups in total. The fourth-order valence-corrected chi connectivity index (χ4v) is 4.16. The highest BCUT2D eigenvalue weighted by atomic mass is 19.1. The molecule has 2 aromatic carbocycles. The van der Waals surface area contributed by atoms with Gasteiger partial charge in [-0.2, -0.15) is 0 Å². The molecule has 7 nitrogen and oxygen atoms in total. The van der Waals surface area contributed by atoms with E-state index in [1.807, 2.05) is 35.8 Å². The highest BCUT2D eigenvalue weighted by Crippen LogP contribution is 2.30. The van der Waals surface area contributed by atoms with E-state index in [1.54, 1.807) is 24.3 Å². The van der Waals surface area contributed by atoms with Crippen LogP contribution < -0.4 is 5.32 Å². The summed E-state index contributed by atoms with van der Waals surface area (Å²) in [5.74, 6) is -1.33. The Morgan fingerprint density at radius 2 is 1.74 bits per heavy atom. The maximum absolute atomic E-state index is 13.4. The van der Waals surface area contributed by atoms with Crippen LogP contribution in [0.3, 0.4) is 0 Å². The number of barbiturate groups is 1. The van der Waals surface area contributed by atoms with Crippen molar-refractivity contribution in [1.82, 2.24) is 14.8 Å². The molecule has 0 radical (unpaired) electrons. The number of imide groups is 2. The van der Waals surface area contributed by atoms with Gasteiger partial charge in [0.05, 0.1) is 12.8 Å². The molecule has 1 aliphatic heterocycles.